The molecule has 2 aromatic heterocycles. The summed E-state index contributed by atoms with van der Waals surface area (Å²) < 4.78 is 23.9. The zero-order valence-corrected chi connectivity index (χ0v) is 48.7. The number of fused-ring (bicyclic) bond motifs is 2. The lowest BCUT2D eigenvalue weighted by Crippen LogP contribution is -2.43. The van der Waals surface area contributed by atoms with Gasteiger partial charge < -0.3 is 29.4 Å². The zero-order valence-electron chi connectivity index (χ0n) is 45.9. The SMILES string of the molecule is CC(C)(C)[Si](C)(C)OCCN(C(=O)c1ccc2c(c1)CCO2)c1ccnc(Cl)n1.C[C@H](N)c1ccccc1.C[C@H](Nc1nccc(N(CCO[Si](C)(C)C(C)(C)C)C(=O)c2ccc3c(c2)CCO3)n1)c1ccccc1. The summed E-state index contributed by atoms with van der Waals surface area (Å²) in [5.41, 5.74) is 11.3. The fraction of sp³-hybridized carbons (Fsp3) is 0.414. The van der Waals surface area contributed by atoms with Crippen LogP contribution >= 0.6 is 11.6 Å². The second-order valence-corrected chi connectivity index (χ2v) is 31.8. The number of hydrogen-bond donors (Lipinski definition) is 2. The van der Waals surface area contributed by atoms with Gasteiger partial charge in [-0.25, -0.2) is 15.0 Å². The first-order valence-electron chi connectivity index (χ1n) is 25.8. The highest BCUT2D eigenvalue weighted by atomic mass is 35.5. The molecule has 0 saturated heterocycles. The van der Waals surface area contributed by atoms with Crippen molar-refractivity contribution in [1.82, 2.24) is 19.9 Å². The number of amides is 2. The van der Waals surface area contributed by atoms with Crippen molar-refractivity contribution in [3.8, 4) is 11.5 Å². The van der Waals surface area contributed by atoms with Crippen LogP contribution in [0.3, 0.4) is 0 Å². The molecule has 0 bridgehead atoms. The number of ether oxygens (including phenoxy) is 2. The van der Waals surface area contributed by atoms with Crippen LogP contribution in [0.5, 0.6) is 11.5 Å². The largest absolute Gasteiger partial charge is 0.493 e. The fourth-order valence-corrected chi connectivity index (χ4v) is 9.84. The van der Waals surface area contributed by atoms with E-state index in [2.05, 4.69) is 107 Å². The molecule has 0 saturated carbocycles. The molecule has 6 aromatic rings. The number of carbonyl (C=O) groups is 2. The lowest BCUT2D eigenvalue weighted by atomic mass is 10.1. The number of benzene rings is 4. The monoisotopic (exact) mass is 1070 g/mol. The number of hydrogen-bond acceptors (Lipinski definition) is 12. The molecule has 4 heterocycles. The van der Waals surface area contributed by atoms with Gasteiger partial charge in [0.1, 0.15) is 23.1 Å². The highest BCUT2D eigenvalue weighted by Crippen LogP contribution is 2.38. The molecule has 17 heteroatoms. The summed E-state index contributed by atoms with van der Waals surface area (Å²) in [7, 11) is -3.90. The number of nitrogens with zero attached hydrogens (tertiary/aromatic N) is 6. The van der Waals surface area contributed by atoms with E-state index in [-0.39, 0.29) is 39.3 Å². The molecule has 0 spiro atoms. The Kier molecular flexibility index (Phi) is 19.9. The number of carbonyl (C=O) groups excluding carboxylic acids is 2. The fourth-order valence-electron chi connectivity index (χ4n) is 7.63. The number of nitrogens with two attached hydrogens (primary N) is 1. The minimum absolute atomic E-state index is 0.0132. The average molecular weight is 1070 g/mol. The lowest BCUT2D eigenvalue weighted by molar-refractivity contribution is 0.0973. The van der Waals surface area contributed by atoms with Crippen molar-refractivity contribution >= 4 is 57.6 Å². The highest BCUT2D eigenvalue weighted by molar-refractivity contribution is 6.74. The Hall–Kier alpha value is -6.02. The summed E-state index contributed by atoms with van der Waals surface area (Å²) in [6.45, 7) is 29.0. The molecule has 2 amide bonds. The van der Waals surface area contributed by atoms with Gasteiger partial charge in [0.15, 0.2) is 16.6 Å². The normalized spacial score (nSPS) is 13.8. The molecular formula is C58H77ClN8O6Si2. The van der Waals surface area contributed by atoms with Crippen molar-refractivity contribution in [1.29, 1.82) is 0 Å². The van der Waals surface area contributed by atoms with Crippen LogP contribution in [-0.2, 0) is 21.7 Å². The number of anilines is 3. The third-order valence-corrected chi connectivity index (χ3v) is 23.6. The molecule has 0 aliphatic carbocycles. The number of aromatic nitrogens is 4. The summed E-state index contributed by atoms with van der Waals surface area (Å²) in [4.78, 5) is 47.8. The average Bonchev–Trinajstić information content (AvgIpc) is 4.06. The summed E-state index contributed by atoms with van der Waals surface area (Å²) in [6.07, 6.45) is 4.86. The minimum Gasteiger partial charge on any atom is -0.493 e. The molecule has 14 nitrogen and oxygen atoms in total. The van der Waals surface area contributed by atoms with Crippen LogP contribution in [0.25, 0.3) is 0 Å². The van der Waals surface area contributed by atoms with E-state index in [4.69, 9.17) is 40.6 Å². The smallest absolute Gasteiger partial charge is 0.259 e. The Morgan fingerprint density at radius 3 is 1.52 bits per heavy atom. The molecule has 2 atom stereocenters. The molecule has 0 unspecified atom stereocenters. The van der Waals surface area contributed by atoms with Crippen LogP contribution in [0.2, 0.25) is 41.5 Å². The van der Waals surface area contributed by atoms with E-state index in [0.717, 1.165) is 41.0 Å². The first-order chi connectivity index (χ1) is 35.4. The van der Waals surface area contributed by atoms with Crippen LogP contribution < -0.4 is 30.3 Å². The Bertz CT molecular complexity index is 2830. The van der Waals surface area contributed by atoms with Gasteiger partial charge in [-0.15, -0.1) is 0 Å². The zero-order chi connectivity index (χ0) is 54.6. The summed E-state index contributed by atoms with van der Waals surface area (Å²) in [6, 6.07) is 35.0. The van der Waals surface area contributed by atoms with Gasteiger partial charge in [0.05, 0.1) is 32.5 Å². The molecule has 400 valence electrons. The number of nitrogens with one attached hydrogen (secondary N) is 1. The standard InChI is InChI=1S/C29H38N4O3Si.C21H28ClN3O3Si.C8H11N/c1-21(22-10-8-7-9-11-22)31-28-30-16-14-26(32-28)33(17-19-36-37(5,6)29(2,3)4)27(34)24-12-13-25-23(20-24)15-18-35-25;1-21(2,3)29(4,5)28-13-11-25(18-8-10-23-20(22)24-18)19(26)16-6-7-17-15(14-16)9-12-27-17;1-7(9)8-5-3-2-4-6-8/h7-14,16,20-21H,15,17-19H2,1-6H3,(H,30,31,32);6-8,10,14H,9,11-13H2,1-5H3;2-7H,9H2,1H3/t21-;;7-/m0.0/s1. The van der Waals surface area contributed by atoms with Gasteiger partial charge in [-0.05, 0) is 132 Å². The van der Waals surface area contributed by atoms with Crippen LogP contribution in [0.1, 0.15) is 110 Å². The van der Waals surface area contributed by atoms with Crippen molar-refractivity contribution in [3.05, 3.63) is 160 Å². The van der Waals surface area contributed by atoms with Crippen LogP contribution in [0.15, 0.2) is 122 Å². The van der Waals surface area contributed by atoms with Crippen molar-refractivity contribution < 1.29 is 27.9 Å². The predicted molar refractivity (Wildman–Crippen MR) is 308 cm³/mol. The molecule has 8 rings (SSSR count). The van der Waals surface area contributed by atoms with E-state index in [1.54, 1.807) is 40.4 Å². The van der Waals surface area contributed by atoms with E-state index in [0.29, 0.717) is 68.2 Å². The van der Waals surface area contributed by atoms with E-state index in [9.17, 15) is 9.59 Å². The molecule has 75 heavy (non-hydrogen) atoms. The number of halogens is 1. The molecular weight excluding hydrogens is 996 g/mol. The Morgan fingerprint density at radius 2 is 1.09 bits per heavy atom. The second-order valence-electron chi connectivity index (χ2n) is 21.9. The maximum atomic E-state index is 13.8. The van der Waals surface area contributed by atoms with Gasteiger partial charge >= 0.3 is 0 Å². The quantitative estimate of drug-likeness (QED) is 0.0696. The molecule has 3 N–H and O–H groups in total. The first-order valence-corrected chi connectivity index (χ1v) is 32.0. The Morgan fingerprint density at radius 1 is 0.653 bits per heavy atom. The Balaban J connectivity index is 0.000000213. The molecule has 2 aliphatic rings. The molecule has 0 fully saturated rings. The van der Waals surface area contributed by atoms with Gasteiger partial charge in [0, 0.05) is 55.5 Å². The summed E-state index contributed by atoms with van der Waals surface area (Å²) >= 11 is 5.98. The second kappa shape index (κ2) is 25.7. The van der Waals surface area contributed by atoms with Gasteiger partial charge in [-0.1, -0.05) is 102 Å². The van der Waals surface area contributed by atoms with Gasteiger partial charge in [-0.2, -0.15) is 4.98 Å². The van der Waals surface area contributed by atoms with Crippen molar-refractivity contribution in [2.75, 3.05) is 54.6 Å². The molecule has 0 radical (unpaired) electrons. The van der Waals surface area contributed by atoms with Crippen LogP contribution in [0, 0.1) is 0 Å². The van der Waals surface area contributed by atoms with Gasteiger partial charge in [-0.3, -0.25) is 19.4 Å². The van der Waals surface area contributed by atoms with Gasteiger partial charge in [0.2, 0.25) is 11.2 Å². The third-order valence-electron chi connectivity index (χ3n) is 14.3. The van der Waals surface area contributed by atoms with Crippen molar-refractivity contribution in [3.63, 3.8) is 0 Å². The van der Waals surface area contributed by atoms with Gasteiger partial charge in [0.25, 0.3) is 11.8 Å². The third kappa shape index (κ3) is 16.0. The van der Waals surface area contributed by atoms with Crippen molar-refractivity contribution in [2.24, 2.45) is 5.73 Å². The maximum Gasteiger partial charge on any atom is 0.259 e. The topological polar surface area (TPSA) is 167 Å². The lowest BCUT2D eigenvalue weighted by Gasteiger charge is -2.36. The summed E-state index contributed by atoms with van der Waals surface area (Å²) in [5.74, 6) is 2.91. The van der Waals surface area contributed by atoms with E-state index in [1.165, 1.54) is 5.56 Å². The van der Waals surface area contributed by atoms with Crippen LogP contribution in [-0.4, -0.2) is 87.9 Å². The van der Waals surface area contributed by atoms with E-state index < -0.39 is 16.6 Å². The highest BCUT2D eigenvalue weighted by Gasteiger charge is 2.38. The van der Waals surface area contributed by atoms with E-state index >= 15 is 0 Å². The molecule has 4 aromatic carbocycles. The predicted octanol–water partition coefficient (Wildman–Crippen LogP) is 12.7. The minimum atomic E-state index is -1.97. The Labute approximate surface area is 452 Å². The van der Waals surface area contributed by atoms with E-state index in [1.807, 2.05) is 85.8 Å². The van der Waals surface area contributed by atoms with Crippen LogP contribution in [0.4, 0.5) is 17.6 Å². The maximum absolute atomic E-state index is 13.8. The van der Waals surface area contributed by atoms with Crippen molar-refractivity contribution in [2.45, 2.75) is 117 Å². The number of rotatable bonds is 16. The summed E-state index contributed by atoms with van der Waals surface area (Å²) in [5, 5.41) is 3.65. The molecule has 2 aliphatic heterocycles. The first kappa shape index (κ1) is 58.2.